The number of rotatable bonds is 7. The Labute approximate surface area is 133 Å². The molecule has 0 saturated heterocycles. The molecule has 2 atom stereocenters. The van der Waals surface area contributed by atoms with E-state index in [1.54, 1.807) is 13.3 Å². The van der Waals surface area contributed by atoms with Crippen molar-refractivity contribution in [2.24, 2.45) is 5.92 Å². The molecule has 1 aromatic heterocycles. The number of aryl methyl sites for hydroxylation is 1. The molecule has 0 amide bonds. The van der Waals surface area contributed by atoms with Gasteiger partial charge in [0.25, 0.3) is 0 Å². The van der Waals surface area contributed by atoms with Gasteiger partial charge in [-0.2, -0.15) is 0 Å². The van der Waals surface area contributed by atoms with E-state index in [1.807, 2.05) is 31.2 Å². The van der Waals surface area contributed by atoms with Gasteiger partial charge >= 0.3 is 0 Å². The summed E-state index contributed by atoms with van der Waals surface area (Å²) < 4.78 is 5.17. The number of hydrogen-bond donors (Lipinski definition) is 1. The first-order chi connectivity index (χ1) is 10.6. The predicted molar refractivity (Wildman–Crippen MR) is 89.0 cm³/mol. The van der Waals surface area contributed by atoms with E-state index in [-0.39, 0.29) is 0 Å². The molecule has 3 nitrogen and oxygen atoms in total. The van der Waals surface area contributed by atoms with Crippen LogP contribution in [0.5, 0.6) is 5.75 Å². The molecule has 2 aromatic rings. The Morgan fingerprint density at radius 2 is 1.86 bits per heavy atom. The van der Waals surface area contributed by atoms with Gasteiger partial charge in [0.2, 0.25) is 0 Å². The molecular formula is C19H25NO2. The smallest absolute Gasteiger partial charge is 0.118 e. The third kappa shape index (κ3) is 4.57. The normalized spacial score (nSPS) is 13.6. The number of aromatic nitrogens is 1. The summed E-state index contributed by atoms with van der Waals surface area (Å²) in [7, 11) is 1.68. The second-order valence-electron chi connectivity index (χ2n) is 5.93. The predicted octanol–water partition coefficient (Wildman–Crippen LogP) is 4.09. The molecule has 1 N–H and O–H groups in total. The summed E-state index contributed by atoms with van der Waals surface area (Å²) in [5.74, 6) is 1.42. The molecule has 0 spiro atoms. The van der Waals surface area contributed by atoms with E-state index in [2.05, 4.69) is 24.0 Å². The van der Waals surface area contributed by atoms with E-state index in [4.69, 9.17) is 4.74 Å². The van der Waals surface area contributed by atoms with Crippen molar-refractivity contribution in [3.05, 3.63) is 59.4 Å². The summed E-state index contributed by atoms with van der Waals surface area (Å²) in [6.45, 7) is 4.17. The average molecular weight is 299 g/mol. The lowest BCUT2D eigenvalue weighted by atomic mass is 9.93. The fourth-order valence-electron chi connectivity index (χ4n) is 2.71. The fourth-order valence-corrected chi connectivity index (χ4v) is 2.71. The van der Waals surface area contributed by atoms with Crippen LogP contribution in [0.15, 0.2) is 42.6 Å². The lowest BCUT2D eigenvalue weighted by Gasteiger charge is -2.16. The highest BCUT2D eigenvalue weighted by Gasteiger charge is 2.13. The van der Waals surface area contributed by atoms with Gasteiger partial charge in [-0.3, -0.25) is 4.98 Å². The summed E-state index contributed by atoms with van der Waals surface area (Å²) in [5.41, 5.74) is 3.16. The van der Waals surface area contributed by atoms with Crippen LogP contribution in [0.4, 0.5) is 0 Å². The molecular weight excluding hydrogens is 274 g/mol. The summed E-state index contributed by atoms with van der Waals surface area (Å²) in [4.78, 5) is 4.24. The van der Waals surface area contributed by atoms with E-state index in [0.717, 1.165) is 36.3 Å². The van der Waals surface area contributed by atoms with Crippen LogP contribution < -0.4 is 4.74 Å². The summed E-state index contributed by atoms with van der Waals surface area (Å²) in [5, 5.41) is 10.3. The monoisotopic (exact) mass is 299 g/mol. The zero-order chi connectivity index (χ0) is 15.9. The van der Waals surface area contributed by atoms with Crippen LogP contribution >= 0.6 is 0 Å². The van der Waals surface area contributed by atoms with Crippen LogP contribution in [-0.2, 0) is 6.42 Å². The van der Waals surface area contributed by atoms with Crippen LogP contribution in [0.3, 0.4) is 0 Å². The van der Waals surface area contributed by atoms with Gasteiger partial charge in [-0.15, -0.1) is 0 Å². The van der Waals surface area contributed by atoms with Gasteiger partial charge in [0.15, 0.2) is 0 Å². The molecule has 0 fully saturated rings. The minimum absolute atomic E-state index is 0.424. The number of methoxy groups -OCH3 is 1. The molecule has 3 heteroatoms. The Morgan fingerprint density at radius 1 is 1.14 bits per heavy atom. The molecule has 0 aliphatic carbocycles. The number of ether oxygens (including phenoxy) is 1. The third-order valence-corrected chi connectivity index (χ3v) is 4.08. The maximum Gasteiger partial charge on any atom is 0.118 e. The first-order valence-electron chi connectivity index (χ1n) is 7.82. The Bertz CT molecular complexity index is 580. The van der Waals surface area contributed by atoms with E-state index in [9.17, 15) is 5.11 Å². The van der Waals surface area contributed by atoms with Crippen LogP contribution in [-0.4, -0.2) is 17.2 Å². The van der Waals surface area contributed by atoms with Gasteiger partial charge in [0.05, 0.1) is 13.2 Å². The molecule has 0 aliphatic rings. The highest BCUT2D eigenvalue weighted by molar-refractivity contribution is 5.27. The molecule has 0 radical (unpaired) electrons. The Morgan fingerprint density at radius 3 is 2.50 bits per heavy atom. The number of aliphatic hydroxyl groups is 1. The Hall–Kier alpha value is -1.87. The molecule has 2 rings (SSSR count). The second kappa shape index (κ2) is 7.95. The second-order valence-corrected chi connectivity index (χ2v) is 5.93. The lowest BCUT2D eigenvalue weighted by Crippen LogP contribution is -2.06. The zero-order valence-electron chi connectivity index (χ0n) is 13.6. The minimum Gasteiger partial charge on any atom is -0.497 e. The first kappa shape index (κ1) is 16.5. The maximum absolute atomic E-state index is 10.3. The van der Waals surface area contributed by atoms with Crippen LogP contribution in [0.2, 0.25) is 0 Å². The molecule has 22 heavy (non-hydrogen) atoms. The lowest BCUT2D eigenvalue weighted by molar-refractivity contribution is 0.157. The number of nitrogens with zero attached hydrogens (tertiary/aromatic N) is 1. The molecule has 0 aliphatic heterocycles. The van der Waals surface area contributed by atoms with Crippen molar-refractivity contribution >= 4 is 0 Å². The largest absolute Gasteiger partial charge is 0.497 e. The van der Waals surface area contributed by atoms with Gasteiger partial charge < -0.3 is 9.84 Å². The van der Waals surface area contributed by atoms with Gasteiger partial charge in [0, 0.05) is 17.5 Å². The fraction of sp³-hybridized carbons (Fsp3) is 0.421. The third-order valence-electron chi connectivity index (χ3n) is 4.08. The molecule has 118 valence electrons. The molecule has 1 heterocycles. The standard InChI is InChI=1S/C19H25NO2/c1-14(13-16-7-9-17(22-3)10-8-16)6-11-19(21)18-5-4-12-20-15(18)2/h4-5,7-10,12,14,19,21H,6,11,13H2,1-3H3/t14-,19-/m0/s1. The van der Waals surface area contributed by atoms with Crippen molar-refractivity contribution in [2.45, 2.75) is 39.2 Å². The van der Waals surface area contributed by atoms with Crippen molar-refractivity contribution in [1.82, 2.24) is 4.98 Å². The SMILES string of the molecule is COc1ccc(C[C@@H](C)CC[C@H](O)c2cccnc2C)cc1. The number of benzene rings is 1. The Balaban J connectivity index is 1.84. The summed E-state index contributed by atoms with van der Waals surface area (Å²) in [6.07, 6.45) is 4.11. The quantitative estimate of drug-likeness (QED) is 0.837. The average Bonchev–Trinajstić information content (AvgIpc) is 2.54. The highest BCUT2D eigenvalue weighted by atomic mass is 16.5. The number of pyridine rings is 1. The highest BCUT2D eigenvalue weighted by Crippen LogP contribution is 2.24. The van der Waals surface area contributed by atoms with Crippen LogP contribution in [0, 0.1) is 12.8 Å². The topological polar surface area (TPSA) is 42.4 Å². The van der Waals surface area contributed by atoms with Crippen molar-refractivity contribution in [2.75, 3.05) is 7.11 Å². The zero-order valence-corrected chi connectivity index (χ0v) is 13.6. The van der Waals surface area contributed by atoms with Crippen LogP contribution in [0.25, 0.3) is 0 Å². The number of hydrogen-bond acceptors (Lipinski definition) is 3. The summed E-state index contributed by atoms with van der Waals surface area (Å²) in [6, 6.07) is 12.0. The summed E-state index contributed by atoms with van der Waals surface area (Å²) >= 11 is 0. The first-order valence-corrected chi connectivity index (χ1v) is 7.82. The molecule has 0 unspecified atom stereocenters. The van der Waals surface area contributed by atoms with Crippen molar-refractivity contribution in [3.63, 3.8) is 0 Å². The van der Waals surface area contributed by atoms with E-state index < -0.39 is 6.10 Å². The Kier molecular flexibility index (Phi) is 5.96. The van der Waals surface area contributed by atoms with Crippen LogP contribution in [0.1, 0.15) is 42.7 Å². The van der Waals surface area contributed by atoms with E-state index in [0.29, 0.717) is 5.92 Å². The van der Waals surface area contributed by atoms with Crippen molar-refractivity contribution in [3.8, 4) is 5.75 Å². The minimum atomic E-state index is -0.424. The van der Waals surface area contributed by atoms with Gasteiger partial charge in [0.1, 0.15) is 5.75 Å². The maximum atomic E-state index is 10.3. The number of aliphatic hydroxyl groups excluding tert-OH is 1. The van der Waals surface area contributed by atoms with E-state index in [1.165, 1.54) is 5.56 Å². The van der Waals surface area contributed by atoms with Crippen molar-refractivity contribution < 1.29 is 9.84 Å². The van der Waals surface area contributed by atoms with E-state index >= 15 is 0 Å². The molecule has 1 aromatic carbocycles. The van der Waals surface area contributed by atoms with Gasteiger partial charge in [-0.25, -0.2) is 0 Å². The van der Waals surface area contributed by atoms with Gasteiger partial charge in [-0.05, 0) is 55.9 Å². The molecule has 0 saturated carbocycles. The van der Waals surface area contributed by atoms with Gasteiger partial charge in [-0.1, -0.05) is 25.1 Å². The van der Waals surface area contributed by atoms with Crippen molar-refractivity contribution in [1.29, 1.82) is 0 Å². The molecule has 0 bridgehead atoms.